The molecule has 3 heteroatoms. The van der Waals surface area contributed by atoms with Gasteiger partial charge in [0, 0.05) is 18.2 Å². The molecule has 1 saturated heterocycles. The van der Waals surface area contributed by atoms with Crippen LogP contribution in [0.1, 0.15) is 33.6 Å². The Bertz CT molecular complexity index is 236. The molecule has 0 saturated carbocycles. The van der Waals surface area contributed by atoms with E-state index in [1.807, 2.05) is 20.8 Å². The fraction of sp³-hybridized carbons (Fsp3) is 0.727. The van der Waals surface area contributed by atoms with Crippen LogP contribution in [0.3, 0.4) is 0 Å². The maximum atomic E-state index is 11.5. The SMILES string of the molecule is CC(C)=C(C)C(=O)NCC1CCCN1. The first-order valence-electron chi connectivity index (χ1n) is 5.27. The minimum atomic E-state index is 0.0682. The van der Waals surface area contributed by atoms with Crippen LogP contribution < -0.4 is 10.6 Å². The lowest BCUT2D eigenvalue weighted by atomic mass is 10.1. The second kappa shape index (κ2) is 5.15. The molecule has 14 heavy (non-hydrogen) atoms. The third-order valence-corrected chi connectivity index (χ3v) is 2.76. The van der Waals surface area contributed by atoms with E-state index in [0.29, 0.717) is 6.04 Å². The van der Waals surface area contributed by atoms with E-state index in [1.165, 1.54) is 12.8 Å². The fourth-order valence-corrected chi connectivity index (χ4v) is 1.51. The average Bonchev–Trinajstić information content (AvgIpc) is 2.65. The highest BCUT2D eigenvalue weighted by Gasteiger charge is 2.15. The molecule has 80 valence electrons. The van der Waals surface area contributed by atoms with E-state index in [1.54, 1.807) is 0 Å². The first kappa shape index (κ1) is 11.2. The molecule has 1 atom stereocenters. The monoisotopic (exact) mass is 196 g/mol. The first-order chi connectivity index (χ1) is 6.61. The number of hydrogen-bond donors (Lipinski definition) is 2. The number of carbonyl (C=O) groups excluding carboxylic acids is 1. The summed E-state index contributed by atoms with van der Waals surface area (Å²) < 4.78 is 0. The predicted octanol–water partition coefficient (Wildman–Crippen LogP) is 1.21. The van der Waals surface area contributed by atoms with Crippen LogP contribution in [0, 0.1) is 0 Å². The van der Waals surface area contributed by atoms with E-state index in [4.69, 9.17) is 0 Å². The van der Waals surface area contributed by atoms with E-state index in [2.05, 4.69) is 10.6 Å². The first-order valence-corrected chi connectivity index (χ1v) is 5.27. The van der Waals surface area contributed by atoms with Gasteiger partial charge in [-0.05, 0) is 40.2 Å². The second-order valence-electron chi connectivity index (χ2n) is 4.13. The molecule has 0 spiro atoms. The molecule has 3 nitrogen and oxygen atoms in total. The van der Waals surface area contributed by atoms with Crippen molar-refractivity contribution in [3.63, 3.8) is 0 Å². The number of hydrogen-bond acceptors (Lipinski definition) is 2. The van der Waals surface area contributed by atoms with Crippen molar-refractivity contribution in [1.82, 2.24) is 10.6 Å². The smallest absolute Gasteiger partial charge is 0.246 e. The molecular formula is C11H20N2O. The zero-order valence-electron chi connectivity index (χ0n) is 9.31. The fourth-order valence-electron chi connectivity index (χ4n) is 1.51. The molecule has 1 unspecified atom stereocenters. The van der Waals surface area contributed by atoms with Gasteiger partial charge in [0.1, 0.15) is 0 Å². The summed E-state index contributed by atoms with van der Waals surface area (Å²) in [6.45, 7) is 7.63. The summed E-state index contributed by atoms with van der Waals surface area (Å²) in [5, 5.41) is 6.30. The molecule has 0 radical (unpaired) electrons. The van der Waals surface area contributed by atoms with Gasteiger partial charge < -0.3 is 10.6 Å². The highest BCUT2D eigenvalue weighted by Crippen LogP contribution is 2.05. The lowest BCUT2D eigenvalue weighted by Crippen LogP contribution is -2.37. The van der Waals surface area contributed by atoms with E-state index >= 15 is 0 Å². The van der Waals surface area contributed by atoms with Gasteiger partial charge in [-0.3, -0.25) is 4.79 Å². The Morgan fingerprint density at radius 1 is 1.43 bits per heavy atom. The van der Waals surface area contributed by atoms with Crippen molar-refractivity contribution < 1.29 is 4.79 Å². The van der Waals surface area contributed by atoms with Crippen LogP contribution >= 0.6 is 0 Å². The molecular weight excluding hydrogens is 176 g/mol. The molecule has 0 aliphatic carbocycles. The van der Waals surface area contributed by atoms with Gasteiger partial charge in [0.2, 0.25) is 5.91 Å². The molecule has 1 amide bonds. The van der Waals surface area contributed by atoms with Crippen molar-refractivity contribution >= 4 is 5.91 Å². The summed E-state index contributed by atoms with van der Waals surface area (Å²) >= 11 is 0. The van der Waals surface area contributed by atoms with Gasteiger partial charge in [0.15, 0.2) is 0 Å². The summed E-state index contributed by atoms with van der Waals surface area (Å²) in [6.07, 6.45) is 2.40. The Kier molecular flexibility index (Phi) is 4.14. The van der Waals surface area contributed by atoms with Gasteiger partial charge in [0.05, 0.1) is 0 Å². The van der Waals surface area contributed by atoms with Crippen LogP contribution in [0.5, 0.6) is 0 Å². The van der Waals surface area contributed by atoms with E-state index < -0.39 is 0 Å². The molecule has 1 aliphatic rings. The summed E-state index contributed by atoms with van der Waals surface area (Å²) in [5.74, 6) is 0.0682. The van der Waals surface area contributed by atoms with Gasteiger partial charge in [-0.15, -0.1) is 0 Å². The van der Waals surface area contributed by atoms with Crippen molar-refractivity contribution in [2.24, 2.45) is 0 Å². The maximum absolute atomic E-state index is 11.5. The highest BCUT2D eigenvalue weighted by molar-refractivity contribution is 5.93. The molecule has 0 aromatic heterocycles. The Labute approximate surface area is 86.0 Å². The largest absolute Gasteiger partial charge is 0.351 e. The average molecular weight is 196 g/mol. The van der Waals surface area contributed by atoms with Crippen molar-refractivity contribution in [3.8, 4) is 0 Å². The van der Waals surface area contributed by atoms with Crippen LogP contribution in [0.15, 0.2) is 11.1 Å². The maximum Gasteiger partial charge on any atom is 0.246 e. The van der Waals surface area contributed by atoms with Crippen LogP contribution in [-0.2, 0) is 4.79 Å². The Morgan fingerprint density at radius 2 is 2.14 bits per heavy atom. The molecule has 0 aromatic carbocycles. The van der Waals surface area contributed by atoms with Crippen molar-refractivity contribution in [1.29, 1.82) is 0 Å². The van der Waals surface area contributed by atoms with Crippen LogP contribution in [0.25, 0.3) is 0 Å². The Hall–Kier alpha value is -0.830. The highest BCUT2D eigenvalue weighted by atomic mass is 16.1. The van der Waals surface area contributed by atoms with E-state index in [0.717, 1.165) is 24.2 Å². The Balaban J connectivity index is 2.30. The predicted molar refractivity (Wildman–Crippen MR) is 58.1 cm³/mol. The van der Waals surface area contributed by atoms with E-state index in [-0.39, 0.29) is 5.91 Å². The van der Waals surface area contributed by atoms with Crippen molar-refractivity contribution in [2.45, 2.75) is 39.7 Å². The zero-order valence-corrected chi connectivity index (χ0v) is 9.31. The third-order valence-electron chi connectivity index (χ3n) is 2.76. The van der Waals surface area contributed by atoms with Crippen LogP contribution in [0.4, 0.5) is 0 Å². The normalized spacial score (nSPS) is 20.6. The van der Waals surface area contributed by atoms with Gasteiger partial charge >= 0.3 is 0 Å². The number of carbonyl (C=O) groups is 1. The number of rotatable bonds is 3. The minimum absolute atomic E-state index is 0.0682. The number of amides is 1. The Morgan fingerprint density at radius 3 is 2.64 bits per heavy atom. The topological polar surface area (TPSA) is 41.1 Å². The lowest BCUT2D eigenvalue weighted by Gasteiger charge is -2.12. The molecule has 1 aliphatic heterocycles. The summed E-state index contributed by atoms with van der Waals surface area (Å²) in [5.41, 5.74) is 1.92. The number of allylic oxidation sites excluding steroid dienone is 1. The lowest BCUT2D eigenvalue weighted by molar-refractivity contribution is -0.117. The molecule has 1 rings (SSSR count). The minimum Gasteiger partial charge on any atom is -0.351 e. The third kappa shape index (κ3) is 3.14. The number of nitrogens with one attached hydrogen (secondary N) is 2. The van der Waals surface area contributed by atoms with Gasteiger partial charge in [-0.1, -0.05) is 5.57 Å². The standard InChI is InChI=1S/C11H20N2O/c1-8(2)9(3)11(14)13-7-10-5-4-6-12-10/h10,12H,4-7H2,1-3H3,(H,13,14). The molecule has 2 N–H and O–H groups in total. The zero-order chi connectivity index (χ0) is 10.6. The summed E-state index contributed by atoms with van der Waals surface area (Å²) in [6, 6.07) is 0.476. The van der Waals surface area contributed by atoms with Crippen LogP contribution in [0.2, 0.25) is 0 Å². The molecule has 1 fully saturated rings. The van der Waals surface area contributed by atoms with Gasteiger partial charge in [-0.2, -0.15) is 0 Å². The second-order valence-corrected chi connectivity index (χ2v) is 4.13. The molecule has 1 heterocycles. The summed E-state index contributed by atoms with van der Waals surface area (Å²) in [7, 11) is 0. The summed E-state index contributed by atoms with van der Waals surface area (Å²) in [4.78, 5) is 11.5. The van der Waals surface area contributed by atoms with Crippen molar-refractivity contribution in [2.75, 3.05) is 13.1 Å². The van der Waals surface area contributed by atoms with Gasteiger partial charge in [-0.25, -0.2) is 0 Å². The van der Waals surface area contributed by atoms with Crippen molar-refractivity contribution in [3.05, 3.63) is 11.1 Å². The van der Waals surface area contributed by atoms with Gasteiger partial charge in [0.25, 0.3) is 0 Å². The van der Waals surface area contributed by atoms with E-state index in [9.17, 15) is 4.79 Å². The quantitative estimate of drug-likeness (QED) is 0.666. The molecule has 0 aromatic rings. The van der Waals surface area contributed by atoms with Crippen LogP contribution in [-0.4, -0.2) is 25.0 Å². The molecule has 0 bridgehead atoms.